The Bertz CT molecular complexity index is 2520. The van der Waals surface area contributed by atoms with Crippen LogP contribution in [0.4, 0.5) is 0 Å². The van der Waals surface area contributed by atoms with Gasteiger partial charge >= 0.3 is 0 Å². The van der Waals surface area contributed by atoms with E-state index in [-0.39, 0.29) is 0 Å². The molecule has 0 spiro atoms. The zero-order chi connectivity index (χ0) is 31.0. The lowest BCUT2D eigenvalue weighted by Gasteiger charge is -1.57. The summed E-state index contributed by atoms with van der Waals surface area (Å²) in [7, 11) is 0. The van der Waals surface area contributed by atoms with Crippen LogP contribution in [0.1, 0.15) is 6.92 Å². The van der Waals surface area contributed by atoms with Gasteiger partial charge in [0.2, 0.25) is 0 Å². The lowest BCUT2D eigenvalue weighted by atomic mass is 10.4. The van der Waals surface area contributed by atoms with E-state index in [2.05, 4.69) is 237 Å². The van der Waals surface area contributed by atoms with Gasteiger partial charge in [-0.3, -0.25) is 0 Å². The van der Waals surface area contributed by atoms with E-state index in [1.807, 2.05) is 0 Å². The number of hydrogen-bond acceptors (Lipinski definition) is 1. The molecule has 0 saturated heterocycles. The third-order valence-electron chi connectivity index (χ3n) is 2.56. The van der Waals surface area contributed by atoms with Gasteiger partial charge in [-0.2, -0.15) is 5.26 Å². The van der Waals surface area contributed by atoms with Crippen molar-refractivity contribution in [3.8, 4) is 243 Å². The predicted octanol–water partition coefficient (Wildman–Crippen LogP) is 0.598. The van der Waals surface area contributed by atoms with Crippen LogP contribution in [-0.2, 0) is 0 Å². The molecule has 0 N–H and O–H groups in total. The van der Waals surface area contributed by atoms with Crippen molar-refractivity contribution in [1.82, 2.24) is 0 Å². The Morgan fingerprint density at radius 3 is 0.419 bits per heavy atom. The maximum absolute atomic E-state index is 8.18. The summed E-state index contributed by atoms with van der Waals surface area (Å²) >= 11 is 0. The van der Waals surface area contributed by atoms with Crippen LogP contribution < -0.4 is 0 Å². The minimum atomic E-state index is 1.63. The highest BCUT2D eigenvalue weighted by Gasteiger charge is 1.61. The minimum Gasteiger partial charge on any atom is -0.183 e. The van der Waals surface area contributed by atoms with Crippen molar-refractivity contribution in [2.45, 2.75) is 6.92 Å². The van der Waals surface area contributed by atoms with E-state index in [0.29, 0.717) is 0 Å². The molecule has 0 bridgehead atoms. The lowest BCUT2D eigenvalue weighted by Crippen LogP contribution is -1.57. The van der Waals surface area contributed by atoms with Gasteiger partial charge in [0, 0.05) is 184 Å². The predicted molar refractivity (Wildman–Crippen MR) is 167 cm³/mol. The molecule has 0 aliphatic heterocycles. The van der Waals surface area contributed by atoms with E-state index in [1.54, 1.807) is 13.0 Å². The van der Waals surface area contributed by atoms with E-state index in [9.17, 15) is 0 Å². The topological polar surface area (TPSA) is 23.8 Å². The van der Waals surface area contributed by atoms with Crippen molar-refractivity contribution in [2.24, 2.45) is 0 Å². The second-order valence-electron chi connectivity index (χ2n) is 5.24. The fourth-order valence-corrected chi connectivity index (χ4v) is 1.25. The molecule has 43 heavy (non-hydrogen) atoms. The molecule has 0 heterocycles. The van der Waals surface area contributed by atoms with Gasteiger partial charge < -0.3 is 0 Å². The summed E-state index contributed by atoms with van der Waals surface area (Å²) in [5.41, 5.74) is 0. The van der Waals surface area contributed by atoms with E-state index in [4.69, 9.17) is 5.26 Å². The summed E-state index contributed by atoms with van der Waals surface area (Å²) in [5, 5.41) is 8.18. The van der Waals surface area contributed by atoms with Crippen LogP contribution in [0.3, 0.4) is 0 Å². The van der Waals surface area contributed by atoms with Crippen molar-refractivity contribution >= 4 is 0 Å². The molecule has 0 aliphatic rings. The molecule has 1 nitrogen and oxygen atoms in total. The molecule has 0 radical (unpaired) electrons. The molecule has 0 aromatic carbocycles. The molecular formula is C42H3N. The quantitative estimate of drug-likeness (QED) is 0.429. The molecule has 0 rings (SSSR count). The van der Waals surface area contributed by atoms with Crippen LogP contribution in [0.25, 0.3) is 0 Å². The summed E-state index contributed by atoms with van der Waals surface area (Å²) in [5.74, 6) is 99.0. The van der Waals surface area contributed by atoms with Gasteiger partial charge in [-0.05, 0) is 54.3 Å². The molecule has 1 heteroatoms. The van der Waals surface area contributed by atoms with Gasteiger partial charge in [-0.25, -0.2) is 0 Å². The smallest absolute Gasteiger partial charge is 0.153 e. The molecule has 0 atom stereocenters. The van der Waals surface area contributed by atoms with Gasteiger partial charge in [-0.1, -0.05) is 5.92 Å². The maximum Gasteiger partial charge on any atom is 0.153 e. The first-order valence-electron chi connectivity index (χ1n) is 10.7. The van der Waals surface area contributed by atoms with Gasteiger partial charge in [0.25, 0.3) is 0 Å². The van der Waals surface area contributed by atoms with Crippen LogP contribution in [0.15, 0.2) is 0 Å². The SMILES string of the molecule is CC#CC#CC#CC#CC#CC#CC#CC#CC#CC#CC#CC#CC#CC#CC#CC#CC#CC#CC#CC#CC#N. The van der Waals surface area contributed by atoms with Crippen LogP contribution in [0.5, 0.6) is 0 Å². The van der Waals surface area contributed by atoms with Crippen molar-refractivity contribution in [3.63, 3.8) is 0 Å². The van der Waals surface area contributed by atoms with E-state index < -0.39 is 0 Å². The van der Waals surface area contributed by atoms with E-state index >= 15 is 0 Å². The average molecular weight is 521 g/mol. The summed E-state index contributed by atoms with van der Waals surface area (Å²) in [6.45, 7) is 1.69. The highest BCUT2D eigenvalue weighted by Crippen LogP contribution is 1.61. The summed E-state index contributed by atoms with van der Waals surface area (Å²) in [6, 6.07) is 1.63. The lowest BCUT2D eigenvalue weighted by molar-refractivity contribution is 1.55. The zero-order valence-electron chi connectivity index (χ0n) is 21.9. The van der Waals surface area contributed by atoms with Gasteiger partial charge in [0.05, 0.1) is 0 Å². The molecule has 0 aromatic rings. The zero-order valence-corrected chi connectivity index (χ0v) is 21.9. The second kappa shape index (κ2) is 32.7. The largest absolute Gasteiger partial charge is 0.183 e. The van der Waals surface area contributed by atoms with Crippen LogP contribution in [-0.4, -0.2) is 0 Å². The van der Waals surface area contributed by atoms with E-state index in [0.717, 1.165) is 0 Å². The highest BCUT2D eigenvalue weighted by molar-refractivity contribution is 5.50. The Labute approximate surface area is 254 Å². The molecule has 0 amide bonds. The second-order valence-corrected chi connectivity index (χ2v) is 5.24. The first-order valence-corrected chi connectivity index (χ1v) is 10.7. The Hall–Kier alpha value is -9.31. The summed E-state index contributed by atoms with van der Waals surface area (Å²) in [6.07, 6.45) is 0. The Morgan fingerprint density at radius 1 is 0.186 bits per heavy atom. The molecule has 0 unspecified atom stereocenters. The molecule has 176 valence electrons. The Morgan fingerprint density at radius 2 is 0.302 bits per heavy atom. The Balaban J connectivity index is 4.53. The van der Waals surface area contributed by atoms with Crippen molar-refractivity contribution in [1.29, 1.82) is 5.26 Å². The molecular weight excluding hydrogens is 518 g/mol. The van der Waals surface area contributed by atoms with Crippen molar-refractivity contribution in [3.05, 3.63) is 0 Å². The number of rotatable bonds is 0. The number of hydrogen-bond donors (Lipinski definition) is 0. The first kappa shape index (κ1) is 33.7. The Kier molecular flexibility index (Phi) is 25.6. The molecule has 0 aromatic heterocycles. The fourth-order valence-electron chi connectivity index (χ4n) is 1.25. The molecule has 0 fully saturated rings. The van der Waals surface area contributed by atoms with Crippen LogP contribution in [0.2, 0.25) is 0 Å². The third kappa shape index (κ3) is 32.7. The monoisotopic (exact) mass is 521 g/mol. The average Bonchev–Trinajstić information content (AvgIpc) is 3.02. The van der Waals surface area contributed by atoms with Crippen molar-refractivity contribution in [2.75, 3.05) is 0 Å². The maximum atomic E-state index is 8.18. The standard InChI is InChI=1S/C42H3N/c1-2-3-4-5-6-7-8-9-10-11-12-13-14-15-16-17-18-19-20-21-22-23-24-25-26-27-28-29-30-31-32-33-34-35-36-37-38-39-40-41-42-43/h1H3. The summed E-state index contributed by atoms with van der Waals surface area (Å²) < 4.78 is 0. The van der Waals surface area contributed by atoms with Gasteiger partial charge in [0.15, 0.2) is 6.07 Å². The van der Waals surface area contributed by atoms with Crippen LogP contribution in [0, 0.1) is 248 Å². The molecule has 0 saturated carbocycles. The van der Waals surface area contributed by atoms with Crippen molar-refractivity contribution < 1.29 is 0 Å². The van der Waals surface area contributed by atoms with Crippen LogP contribution >= 0.6 is 0 Å². The fraction of sp³-hybridized carbons (Fsp3) is 0.0238. The number of nitriles is 1. The first-order chi connectivity index (χ1) is 21.4. The van der Waals surface area contributed by atoms with Gasteiger partial charge in [-0.15, -0.1) is 0 Å². The number of nitrogens with zero attached hydrogens (tertiary/aromatic N) is 1. The third-order valence-corrected chi connectivity index (χ3v) is 2.56. The van der Waals surface area contributed by atoms with Gasteiger partial charge in [0.1, 0.15) is 0 Å². The minimum absolute atomic E-state index is 1.63. The molecule has 0 aliphatic carbocycles. The summed E-state index contributed by atoms with van der Waals surface area (Å²) in [4.78, 5) is 0. The highest BCUT2D eigenvalue weighted by atomic mass is 14.2. The van der Waals surface area contributed by atoms with E-state index in [1.165, 1.54) is 0 Å². The normalized spacial score (nSPS) is 3.91.